The van der Waals surface area contributed by atoms with Crippen LogP contribution >= 0.6 is 0 Å². The molecule has 0 unspecified atom stereocenters. The molecule has 1 N–H and O–H groups in total. The van der Waals surface area contributed by atoms with Gasteiger partial charge in [-0.15, -0.1) is 0 Å². The molecule has 0 atom stereocenters. The third-order valence-corrected chi connectivity index (χ3v) is 2.66. The van der Waals surface area contributed by atoms with Crippen LogP contribution in [0.1, 0.15) is 12.5 Å². The Balaban J connectivity index is 2.18. The van der Waals surface area contributed by atoms with E-state index in [0.717, 1.165) is 5.56 Å². The lowest BCUT2D eigenvalue weighted by Gasteiger charge is -2.13. The molecular formula is C14H12N2O3. The molecule has 0 amide bonds. The van der Waals surface area contributed by atoms with E-state index in [-0.39, 0.29) is 11.4 Å². The van der Waals surface area contributed by atoms with Crippen LogP contribution in [0.4, 0.5) is 11.4 Å². The van der Waals surface area contributed by atoms with Crippen molar-refractivity contribution in [1.82, 2.24) is 0 Å². The van der Waals surface area contributed by atoms with Crippen molar-refractivity contribution in [3.63, 3.8) is 0 Å². The zero-order valence-corrected chi connectivity index (χ0v) is 10.4. The molecule has 5 nitrogen and oxygen atoms in total. The summed E-state index contributed by atoms with van der Waals surface area (Å²) in [6.45, 7) is 2.08. The number of nitriles is 1. The second-order valence-corrected chi connectivity index (χ2v) is 3.95. The van der Waals surface area contributed by atoms with Crippen molar-refractivity contribution in [2.24, 2.45) is 0 Å². The zero-order valence-electron chi connectivity index (χ0n) is 10.4. The van der Waals surface area contributed by atoms with Crippen LogP contribution in [0.15, 0.2) is 33.9 Å². The second-order valence-electron chi connectivity index (χ2n) is 3.95. The van der Waals surface area contributed by atoms with E-state index in [1.165, 1.54) is 0 Å². The first kappa shape index (κ1) is 12.8. The van der Waals surface area contributed by atoms with Gasteiger partial charge in [0.25, 0.3) is 10.9 Å². The van der Waals surface area contributed by atoms with Gasteiger partial charge in [-0.1, -0.05) is 12.1 Å². The van der Waals surface area contributed by atoms with Crippen molar-refractivity contribution >= 4 is 11.4 Å². The van der Waals surface area contributed by atoms with Crippen molar-refractivity contribution < 1.29 is 4.74 Å². The molecule has 0 aliphatic heterocycles. The van der Waals surface area contributed by atoms with E-state index in [1.807, 2.05) is 0 Å². The fourth-order valence-electron chi connectivity index (χ4n) is 1.71. The predicted octanol–water partition coefficient (Wildman–Crippen LogP) is 1.49. The minimum Gasteiger partial charge on any atom is -0.488 e. The molecule has 0 aliphatic carbocycles. The van der Waals surface area contributed by atoms with Gasteiger partial charge < -0.3 is 10.1 Å². The Morgan fingerprint density at radius 3 is 2.47 bits per heavy atom. The van der Waals surface area contributed by atoms with Gasteiger partial charge in [-0.3, -0.25) is 9.59 Å². The fraction of sp³-hybridized carbons (Fsp3) is 0.214. The highest BCUT2D eigenvalue weighted by atomic mass is 16.5. The topological polar surface area (TPSA) is 79.2 Å². The number of hydrogen-bond donors (Lipinski definition) is 1. The summed E-state index contributed by atoms with van der Waals surface area (Å²) in [5.41, 5.74) is 0.604. The van der Waals surface area contributed by atoms with Crippen molar-refractivity contribution in [3.05, 3.63) is 50.3 Å². The molecule has 19 heavy (non-hydrogen) atoms. The molecule has 5 heteroatoms. The van der Waals surface area contributed by atoms with Gasteiger partial charge in [0.15, 0.2) is 5.75 Å². The van der Waals surface area contributed by atoms with Crippen LogP contribution in [-0.4, -0.2) is 6.61 Å². The number of hydrogen-bond acceptors (Lipinski definition) is 5. The lowest BCUT2D eigenvalue weighted by atomic mass is 10.1. The summed E-state index contributed by atoms with van der Waals surface area (Å²) in [6, 6.07) is 9.13. The molecule has 0 spiro atoms. The van der Waals surface area contributed by atoms with E-state index in [4.69, 9.17) is 10.00 Å². The summed E-state index contributed by atoms with van der Waals surface area (Å²) in [5.74, 6) is 0.0913. The van der Waals surface area contributed by atoms with Gasteiger partial charge in [0.2, 0.25) is 0 Å². The number of anilines is 2. The van der Waals surface area contributed by atoms with E-state index >= 15 is 0 Å². The first-order chi connectivity index (χ1) is 9.17. The Morgan fingerprint density at radius 2 is 1.89 bits per heavy atom. The smallest absolute Gasteiger partial charge is 0.272 e. The van der Waals surface area contributed by atoms with Gasteiger partial charge in [-0.25, -0.2) is 0 Å². The maximum absolute atomic E-state index is 11.4. The molecular weight excluding hydrogens is 244 g/mol. The van der Waals surface area contributed by atoms with E-state index in [2.05, 4.69) is 11.4 Å². The Kier molecular flexibility index (Phi) is 3.62. The standard InChI is InChI=1S/C14H12N2O3/c1-2-19-14-11(12(17)13(14)18)16-10-5-3-9(4-6-10)7-8-15/h3-6,16H,2,7H2,1H3. The molecule has 0 radical (unpaired) electrons. The van der Waals surface area contributed by atoms with Gasteiger partial charge in [-0.2, -0.15) is 5.26 Å². The summed E-state index contributed by atoms with van der Waals surface area (Å²) in [4.78, 5) is 22.7. The zero-order chi connectivity index (χ0) is 13.8. The van der Waals surface area contributed by atoms with Crippen LogP contribution in [0.5, 0.6) is 5.75 Å². The normalized spacial score (nSPS) is 10.1. The molecule has 2 aromatic carbocycles. The van der Waals surface area contributed by atoms with E-state index < -0.39 is 10.9 Å². The van der Waals surface area contributed by atoms with Crippen LogP contribution in [0.2, 0.25) is 0 Å². The molecule has 0 saturated heterocycles. The lowest BCUT2D eigenvalue weighted by Crippen LogP contribution is -2.35. The Bertz CT molecular complexity index is 689. The van der Waals surface area contributed by atoms with Crippen molar-refractivity contribution in [2.45, 2.75) is 13.3 Å². The molecule has 0 fully saturated rings. The highest BCUT2D eigenvalue weighted by Gasteiger charge is 2.22. The minimum absolute atomic E-state index is 0.0913. The number of nitrogens with zero attached hydrogens (tertiary/aromatic N) is 1. The van der Waals surface area contributed by atoms with Gasteiger partial charge >= 0.3 is 0 Å². The maximum atomic E-state index is 11.4. The van der Waals surface area contributed by atoms with Gasteiger partial charge in [0.1, 0.15) is 5.69 Å². The minimum atomic E-state index is -0.592. The van der Waals surface area contributed by atoms with E-state index in [1.54, 1.807) is 31.2 Å². The molecule has 0 heterocycles. The highest BCUT2D eigenvalue weighted by molar-refractivity contribution is 5.69. The SMILES string of the molecule is CCOc1c(Nc2ccc(CC#N)cc2)c(=O)c1=O. The van der Waals surface area contributed by atoms with Crippen molar-refractivity contribution in [1.29, 1.82) is 5.26 Å². The lowest BCUT2D eigenvalue weighted by molar-refractivity contribution is 0.335. The van der Waals surface area contributed by atoms with Crippen molar-refractivity contribution in [2.75, 3.05) is 11.9 Å². The Hall–Kier alpha value is -2.61. The number of benzene rings is 1. The molecule has 0 aliphatic rings. The molecule has 0 bridgehead atoms. The predicted molar refractivity (Wildman–Crippen MR) is 71.6 cm³/mol. The summed E-state index contributed by atoms with van der Waals surface area (Å²) in [7, 11) is 0. The maximum Gasteiger partial charge on any atom is 0.272 e. The summed E-state index contributed by atoms with van der Waals surface area (Å²) in [5, 5.41) is 11.4. The third-order valence-electron chi connectivity index (χ3n) is 2.66. The largest absolute Gasteiger partial charge is 0.488 e. The summed E-state index contributed by atoms with van der Waals surface area (Å²) < 4.78 is 5.11. The number of nitrogens with one attached hydrogen (secondary N) is 1. The van der Waals surface area contributed by atoms with Crippen LogP contribution in [0.3, 0.4) is 0 Å². The molecule has 96 valence electrons. The van der Waals surface area contributed by atoms with Gasteiger partial charge in [-0.05, 0) is 24.6 Å². The van der Waals surface area contributed by atoms with E-state index in [0.29, 0.717) is 18.7 Å². The van der Waals surface area contributed by atoms with Crippen molar-refractivity contribution in [3.8, 4) is 11.8 Å². The quantitative estimate of drug-likeness (QED) is 0.820. The first-order valence-electron chi connectivity index (χ1n) is 5.86. The summed E-state index contributed by atoms with van der Waals surface area (Å²) in [6.07, 6.45) is 0.338. The van der Waals surface area contributed by atoms with E-state index in [9.17, 15) is 9.59 Å². The molecule has 0 aromatic heterocycles. The van der Waals surface area contributed by atoms with Crippen LogP contribution in [0, 0.1) is 11.3 Å². The number of rotatable bonds is 5. The van der Waals surface area contributed by atoms with Gasteiger partial charge in [0.05, 0.1) is 19.1 Å². The van der Waals surface area contributed by atoms with Crippen LogP contribution in [-0.2, 0) is 6.42 Å². The Labute approximate surface area is 109 Å². The third kappa shape index (κ3) is 2.47. The average Bonchev–Trinajstić information content (AvgIpc) is 2.44. The molecule has 2 aromatic rings. The monoisotopic (exact) mass is 256 g/mol. The van der Waals surface area contributed by atoms with Crippen LogP contribution in [0.25, 0.3) is 0 Å². The first-order valence-corrected chi connectivity index (χ1v) is 5.86. The number of ether oxygens (including phenoxy) is 1. The van der Waals surface area contributed by atoms with Crippen LogP contribution < -0.4 is 20.9 Å². The summed E-state index contributed by atoms with van der Waals surface area (Å²) >= 11 is 0. The average molecular weight is 256 g/mol. The fourth-order valence-corrected chi connectivity index (χ4v) is 1.71. The molecule has 2 rings (SSSR count). The molecule has 0 saturated carbocycles. The van der Waals surface area contributed by atoms with Gasteiger partial charge in [0, 0.05) is 5.69 Å². The Morgan fingerprint density at radius 1 is 1.21 bits per heavy atom. The highest BCUT2D eigenvalue weighted by Crippen LogP contribution is 2.22. The second kappa shape index (κ2) is 5.36.